The number of fused-ring (bicyclic) bond motifs is 3. The summed E-state index contributed by atoms with van der Waals surface area (Å²) in [7, 11) is 0. The van der Waals surface area contributed by atoms with E-state index in [2.05, 4.69) is 0 Å². The Balaban J connectivity index is 2.74. The minimum atomic E-state index is 0.373. The molecule has 3 rings (SSSR count). The number of aromatic nitrogens is 2. The van der Waals surface area contributed by atoms with Gasteiger partial charge in [-0.05, 0) is 12.1 Å². The Kier molecular flexibility index (Phi) is 1.71. The minimum Gasteiger partial charge on any atom is -0.755 e. The van der Waals surface area contributed by atoms with Gasteiger partial charge in [-0.1, -0.05) is 30.3 Å². The van der Waals surface area contributed by atoms with Gasteiger partial charge in [-0.2, -0.15) is 0 Å². The summed E-state index contributed by atoms with van der Waals surface area (Å²) in [4.78, 5) is 12.1. The normalized spacial score (nSPS) is 11.0. The van der Waals surface area contributed by atoms with Crippen molar-refractivity contribution in [1.82, 2.24) is 4.85 Å². The fourth-order valence-electron chi connectivity index (χ4n) is 1.93. The lowest BCUT2D eigenvalue weighted by Crippen LogP contribution is -2.28. The van der Waals surface area contributed by atoms with Crippen molar-refractivity contribution >= 4 is 21.8 Å². The maximum atomic E-state index is 11.7. The molecule has 0 saturated heterocycles. The van der Waals surface area contributed by atoms with Crippen LogP contribution in [0.3, 0.4) is 0 Å². The number of para-hydroxylation sites is 2. The number of rotatable bonds is 0. The van der Waals surface area contributed by atoms with Crippen LogP contribution in [0, 0.1) is 10.1 Å². The molecule has 0 amide bonds. The third-order valence-electron chi connectivity index (χ3n) is 2.68. The first-order valence-electron chi connectivity index (χ1n) is 4.92. The number of hydrogen-bond acceptors (Lipinski definition) is 2. The first-order valence-corrected chi connectivity index (χ1v) is 4.92. The standard InChI is InChI=1S/C12H8N2O2/c15-13-11-7-3-1-5-9(11)10-6-2-4-8-12(10)14(13)16/h1-8H. The number of hydrogen-bond donors (Lipinski definition) is 0. The van der Waals surface area contributed by atoms with Gasteiger partial charge in [0.15, 0.2) is 4.54 Å². The molecule has 4 heteroatoms. The van der Waals surface area contributed by atoms with Crippen molar-refractivity contribution < 1.29 is 4.54 Å². The summed E-state index contributed by atoms with van der Waals surface area (Å²) in [6.45, 7) is 0. The van der Waals surface area contributed by atoms with E-state index in [0.717, 1.165) is 10.8 Å². The van der Waals surface area contributed by atoms with Crippen molar-refractivity contribution in [2.45, 2.75) is 0 Å². The zero-order chi connectivity index (χ0) is 11.1. The molecular weight excluding hydrogens is 204 g/mol. The van der Waals surface area contributed by atoms with Crippen molar-refractivity contribution in [2.75, 3.05) is 0 Å². The Labute approximate surface area is 90.5 Å². The molecule has 0 radical (unpaired) electrons. The molecule has 3 aromatic rings. The molecule has 1 heterocycles. The molecule has 1 aromatic heterocycles. The highest BCUT2D eigenvalue weighted by Crippen LogP contribution is 2.20. The molecule has 0 aliphatic carbocycles. The smallest absolute Gasteiger partial charge is 0.300 e. The Morgan fingerprint density at radius 2 is 1.56 bits per heavy atom. The first-order chi connectivity index (χ1) is 7.79. The second-order valence-corrected chi connectivity index (χ2v) is 3.58. The van der Waals surface area contributed by atoms with Crippen molar-refractivity contribution in [3.63, 3.8) is 0 Å². The molecule has 0 saturated carbocycles. The molecule has 0 unspecified atom stereocenters. The average molecular weight is 212 g/mol. The summed E-state index contributed by atoms with van der Waals surface area (Å²) in [6.07, 6.45) is 0. The summed E-state index contributed by atoms with van der Waals surface area (Å²) < 4.78 is 0.373. The van der Waals surface area contributed by atoms with Crippen molar-refractivity contribution in [1.29, 1.82) is 0 Å². The largest absolute Gasteiger partial charge is 0.755 e. The van der Waals surface area contributed by atoms with Crippen LogP contribution in [0.5, 0.6) is 0 Å². The number of nitrogens with zero attached hydrogens (tertiary/aromatic N) is 2. The monoisotopic (exact) mass is 212 g/mol. The highest BCUT2D eigenvalue weighted by atomic mass is 16.5. The SMILES string of the molecule is O=[n+]1c2ccccc2c2ccccc2n1[O-]. The predicted molar refractivity (Wildman–Crippen MR) is 61.6 cm³/mol. The van der Waals surface area contributed by atoms with E-state index in [1.165, 1.54) is 0 Å². The van der Waals surface area contributed by atoms with Gasteiger partial charge in [-0.3, -0.25) is 0 Å². The first kappa shape index (κ1) is 8.91. The van der Waals surface area contributed by atoms with Gasteiger partial charge in [0.05, 0.1) is 10.3 Å². The van der Waals surface area contributed by atoms with E-state index in [-0.39, 0.29) is 0 Å². The van der Waals surface area contributed by atoms with E-state index in [1.807, 2.05) is 24.3 Å². The highest BCUT2D eigenvalue weighted by molar-refractivity contribution is 6.02. The van der Waals surface area contributed by atoms with E-state index in [4.69, 9.17) is 0 Å². The molecule has 0 bridgehead atoms. The van der Waals surface area contributed by atoms with Crippen molar-refractivity contribution in [3.8, 4) is 0 Å². The van der Waals surface area contributed by atoms with E-state index >= 15 is 0 Å². The maximum Gasteiger partial charge on any atom is 0.300 e. The van der Waals surface area contributed by atoms with Crippen LogP contribution >= 0.6 is 0 Å². The summed E-state index contributed by atoms with van der Waals surface area (Å²) in [6, 6.07) is 14.1. The van der Waals surface area contributed by atoms with E-state index in [1.54, 1.807) is 24.3 Å². The Bertz CT molecular complexity index is 747. The molecule has 0 N–H and O–H groups in total. The zero-order valence-corrected chi connectivity index (χ0v) is 8.33. The molecule has 0 fully saturated rings. The van der Waals surface area contributed by atoms with Gasteiger partial charge in [0.2, 0.25) is 0 Å². The predicted octanol–water partition coefficient (Wildman–Crippen LogP) is 2.05. The lowest BCUT2D eigenvalue weighted by Gasteiger charge is -2.06. The van der Waals surface area contributed by atoms with Crippen LogP contribution in [0.15, 0.2) is 48.5 Å². The van der Waals surface area contributed by atoms with Gasteiger partial charge in [0.1, 0.15) is 5.52 Å². The zero-order valence-electron chi connectivity index (χ0n) is 8.33. The maximum absolute atomic E-state index is 11.7. The summed E-state index contributed by atoms with van der Waals surface area (Å²) >= 11 is 0. The second-order valence-electron chi connectivity index (χ2n) is 3.58. The van der Waals surface area contributed by atoms with Gasteiger partial charge in [0, 0.05) is 11.5 Å². The summed E-state index contributed by atoms with van der Waals surface area (Å²) in [5.74, 6) is 0. The number of benzene rings is 2. The van der Waals surface area contributed by atoms with Crippen LogP contribution in [-0.2, 0) is 0 Å². The van der Waals surface area contributed by atoms with Crippen molar-refractivity contribution in [3.05, 3.63) is 58.6 Å². The Morgan fingerprint density at radius 3 is 2.38 bits per heavy atom. The highest BCUT2D eigenvalue weighted by Gasteiger charge is 2.12. The van der Waals surface area contributed by atoms with Crippen LogP contribution in [0.2, 0.25) is 0 Å². The van der Waals surface area contributed by atoms with Crippen LogP contribution in [0.25, 0.3) is 21.8 Å². The van der Waals surface area contributed by atoms with Crippen LogP contribution in [0.1, 0.15) is 0 Å². The molecular formula is C12H8N2O2. The van der Waals surface area contributed by atoms with Gasteiger partial charge < -0.3 is 5.21 Å². The molecule has 0 aliphatic heterocycles. The van der Waals surface area contributed by atoms with Gasteiger partial charge >= 0.3 is 0 Å². The summed E-state index contributed by atoms with van der Waals surface area (Å²) in [5, 5.41) is 13.3. The molecule has 0 atom stereocenters. The molecule has 0 aliphatic rings. The van der Waals surface area contributed by atoms with Crippen LogP contribution < -0.4 is 4.54 Å². The fraction of sp³-hybridized carbons (Fsp3) is 0. The molecule has 16 heavy (non-hydrogen) atoms. The van der Waals surface area contributed by atoms with Gasteiger partial charge in [-0.15, -0.1) is 4.85 Å². The second kappa shape index (κ2) is 3.06. The van der Waals surface area contributed by atoms with Crippen LogP contribution in [0.4, 0.5) is 0 Å². The molecule has 4 nitrogen and oxygen atoms in total. The molecule has 0 spiro atoms. The minimum absolute atomic E-state index is 0.373. The quantitative estimate of drug-likeness (QED) is 0.423. The lowest BCUT2D eigenvalue weighted by atomic mass is 10.1. The summed E-state index contributed by atoms with van der Waals surface area (Å²) in [5.41, 5.74) is 0.771. The van der Waals surface area contributed by atoms with Gasteiger partial charge in [-0.25, -0.2) is 0 Å². The van der Waals surface area contributed by atoms with Crippen molar-refractivity contribution in [2.24, 2.45) is 0 Å². The fourth-order valence-corrected chi connectivity index (χ4v) is 1.93. The molecule has 78 valence electrons. The Hall–Kier alpha value is -2.36. The van der Waals surface area contributed by atoms with E-state index < -0.39 is 0 Å². The van der Waals surface area contributed by atoms with E-state index in [0.29, 0.717) is 20.4 Å². The third-order valence-corrected chi connectivity index (χ3v) is 2.68. The van der Waals surface area contributed by atoms with Gasteiger partial charge in [0.25, 0.3) is 5.52 Å². The average Bonchev–Trinajstić information content (AvgIpc) is 2.36. The third kappa shape index (κ3) is 1.04. The molecule has 2 aromatic carbocycles. The Morgan fingerprint density at radius 1 is 0.938 bits per heavy atom. The van der Waals surface area contributed by atoms with Crippen LogP contribution in [-0.4, -0.2) is 4.85 Å². The lowest BCUT2D eigenvalue weighted by molar-refractivity contribution is -0.556. The topological polar surface area (TPSA) is 51.0 Å². The van der Waals surface area contributed by atoms with E-state index in [9.17, 15) is 10.1 Å².